The molecule has 96 valence electrons. The third-order valence-electron chi connectivity index (χ3n) is 2.86. The second-order valence-electron chi connectivity index (χ2n) is 4.19. The van der Waals surface area contributed by atoms with E-state index in [1.807, 2.05) is 28.8 Å². The van der Waals surface area contributed by atoms with Gasteiger partial charge in [0, 0.05) is 12.1 Å². The Balaban J connectivity index is 2.34. The van der Waals surface area contributed by atoms with Gasteiger partial charge in [-0.05, 0) is 30.8 Å². The van der Waals surface area contributed by atoms with Gasteiger partial charge in [0.05, 0.1) is 5.02 Å². The van der Waals surface area contributed by atoms with Crippen molar-refractivity contribution in [3.8, 4) is 11.4 Å². The average Bonchev–Trinajstić information content (AvgIpc) is 2.72. The minimum absolute atomic E-state index is 0.654. The van der Waals surface area contributed by atoms with Gasteiger partial charge in [0.2, 0.25) is 0 Å². The lowest BCUT2D eigenvalue weighted by Gasteiger charge is -2.07. The lowest BCUT2D eigenvalue weighted by atomic mass is 10.2. The average molecular weight is 282 g/mol. The molecular weight excluding hydrogens is 266 g/mol. The number of hydrogen-bond donors (Lipinski definition) is 1. The maximum absolute atomic E-state index is 6.20. The Morgan fingerprint density at radius 2 is 2.11 bits per heavy atom. The van der Waals surface area contributed by atoms with Crippen molar-refractivity contribution in [1.82, 2.24) is 14.8 Å². The van der Waals surface area contributed by atoms with Gasteiger partial charge < -0.3 is 4.57 Å². The summed E-state index contributed by atoms with van der Waals surface area (Å²) in [5.74, 6) is 0.821. The van der Waals surface area contributed by atoms with Crippen molar-refractivity contribution in [2.45, 2.75) is 32.7 Å². The van der Waals surface area contributed by atoms with E-state index in [0.717, 1.165) is 24.4 Å². The first-order valence-corrected chi connectivity index (χ1v) is 6.92. The van der Waals surface area contributed by atoms with Gasteiger partial charge >= 0.3 is 0 Å². The van der Waals surface area contributed by atoms with Gasteiger partial charge in [-0.3, -0.25) is 5.10 Å². The number of nitrogens with zero attached hydrogens (tertiary/aromatic N) is 2. The largest absolute Gasteiger partial charge is 0.300 e. The number of hydrogen-bond acceptors (Lipinski definition) is 2. The van der Waals surface area contributed by atoms with Crippen LogP contribution in [0.5, 0.6) is 0 Å². The number of aromatic amines is 1. The molecule has 1 heterocycles. The molecule has 0 saturated heterocycles. The van der Waals surface area contributed by atoms with E-state index in [1.54, 1.807) is 0 Å². The van der Waals surface area contributed by atoms with Crippen molar-refractivity contribution in [3.63, 3.8) is 0 Å². The highest BCUT2D eigenvalue weighted by Gasteiger charge is 2.11. The molecule has 1 aromatic heterocycles. The van der Waals surface area contributed by atoms with Crippen molar-refractivity contribution in [3.05, 3.63) is 34.1 Å². The van der Waals surface area contributed by atoms with Crippen molar-refractivity contribution in [2.75, 3.05) is 0 Å². The van der Waals surface area contributed by atoms with Crippen LogP contribution < -0.4 is 0 Å². The van der Waals surface area contributed by atoms with Crippen LogP contribution in [0.2, 0.25) is 5.02 Å². The van der Waals surface area contributed by atoms with Crippen molar-refractivity contribution in [1.29, 1.82) is 0 Å². The Morgan fingerprint density at radius 1 is 1.33 bits per heavy atom. The van der Waals surface area contributed by atoms with Crippen LogP contribution in [0.15, 0.2) is 24.3 Å². The maximum atomic E-state index is 6.20. The van der Waals surface area contributed by atoms with Crippen molar-refractivity contribution in [2.24, 2.45) is 0 Å². The van der Waals surface area contributed by atoms with Crippen LogP contribution in [-0.4, -0.2) is 14.8 Å². The number of aromatic nitrogens is 3. The molecular formula is C13H16ClN3S. The molecule has 2 aromatic rings. The third kappa shape index (κ3) is 2.82. The highest BCUT2D eigenvalue weighted by molar-refractivity contribution is 7.71. The first kappa shape index (κ1) is 13.3. The summed E-state index contributed by atoms with van der Waals surface area (Å²) >= 11 is 11.5. The van der Waals surface area contributed by atoms with Crippen LogP contribution in [0.3, 0.4) is 0 Å². The molecule has 0 fully saturated rings. The lowest BCUT2D eigenvalue weighted by molar-refractivity contribution is 0.600. The Morgan fingerprint density at radius 3 is 2.83 bits per heavy atom. The van der Waals surface area contributed by atoms with Crippen molar-refractivity contribution >= 4 is 23.8 Å². The van der Waals surface area contributed by atoms with Crippen LogP contribution >= 0.6 is 23.8 Å². The van der Waals surface area contributed by atoms with E-state index in [4.69, 9.17) is 23.8 Å². The third-order valence-corrected chi connectivity index (χ3v) is 3.50. The van der Waals surface area contributed by atoms with Gasteiger partial charge in [0.15, 0.2) is 10.6 Å². The molecule has 3 nitrogen and oxygen atoms in total. The molecule has 0 aliphatic rings. The zero-order chi connectivity index (χ0) is 13.0. The van der Waals surface area contributed by atoms with Gasteiger partial charge in [-0.2, -0.15) is 5.10 Å². The Hall–Kier alpha value is -1.13. The van der Waals surface area contributed by atoms with Crippen LogP contribution in [0.1, 0.15) is 26.2 Å². The summed E-state index contributed by atoms with van der Waals surface area (Å²) < 4.78 is 2.67. The predicted octanol–water partition coefficient (Wildman–Crippen LogP) is 4.45. The summed E-state index contributed by atoms with van der Waals surface area (Å²) in [6, 6.07) is 7.69. The fourth-order valence-corrected chi connectivity index (χ4v) is 2.34. The summed E-state index contributed by atoms with van der Waals surface area (Å²) in [6.45, 7) is 3.06. The summed E-state index contributed by atoms with van der Waals surface area (Å²) in [5, 5.41) is 7.83. The fraction of sp³-hybridized carbons (Fsp3) is 0.385. The molecule has 0 saturated carbocycles. The van der Waals surface area contributed by atoms with Crippen LogP contribution in [-0.2, 0) is 6.54 Å². The second kappa shape index (κ2) is 6.16. The van der Waals surface area contributed by atoms with Gasteiger partial charge in [-0.25, -0.2) is 0 Å². The molecule has 1 aromatic carbocycles. The number of unbranched alkanes of at least 4 members (excludes halogenated alkanes) is 2. The first-order chi connectivity index (χ1) is 8.74. The molecule has 0 spiro atoms. The number of rotatable bonds is 5. The molecule has 0 bridgehead atoms. The van der Waals surface area contributed by atoms with Gasteiger partial charge in [0.1, 0.15) is 0 Å². The van der Waals surface area contributed by atoms with Gasteiger partial charge in [-0.15, -0.1) is 0 Å². The van der Waals surface area contributed by atoms with Gasteiger partial charge in [-0.1, -0.05) is 43.5 Å². The molecule has 0 atom stereocenters. The van der Waals surface area contributed by atoms with E-state index in [9.17, 15) is 0 Å². The van der Waals surface area contributed by atoms with Crippen molar-refractivity contribution < 1.29 is 0 Å². The zero-order valence-corrected chi connectivity index (χ0v) is 11.9. The normalized spacial score (nSPS) is 10.8. The molecule has 18 heavy (non-hydrogen) atoms. The quantitative estimate of drug-likeness (QED) is 0.649. The number of nitrogens with one attached hydrogen (secondary N) is 1. The molecule has 0 radical (unpaired) electrons. The van der Waals surface area contributed by atoms with E-state index >= 15 is 0 Å². The zero-order valence-electron chi connectivity index (χ0n) is 10.3. The van der Waals surface area contributed by atoms with Crippen LogP contribution in [0.25, 0.3) is 11.4 Å². The van der Waals surface area contributed by atoms with Crippen LogP contribution in [0.4, 0.5) is 0 Å². The molecule has 5 heteroatoms. The summed E-state index contributed by atoms with van der Waals surface area (Å²) in [4.78, 5) is 0. The molecule has 0 aliphatic carbocycles. The molecule has 2 rings (SSSR count). The standard InChI is InChI=1S/C13H16ClN3S/c1-2-3-6-9-17-12(15-16-13(17)18)10-7-4-5-8-11(10)14/h4-5,7-8H,2-3,6,9H2,1H3,(H,16,18). The van der Waals surface area contributed by atoms with E-state index < -0.39 is 0 Å². The van der Waals surface area contributed by atoms with E-state index in [-0.39, 0.29) is 0 Å². The van der Waals surface area contributed by atoms with Gasteiger partial charge in [0.25, 0.3) is 0 Å². The maximum Gasteiger partial charge on any atom is 0.195 e. The van der Waals surface area contributed by atoms with E-state index in [2.05, 4.69) is 17.1 Å². The number of halogens is 1. The molecule has 0 unspecified atom stereocenters. The Labute approximate surface area is 117 Å². The topological polar surface area (TPSA) is 33.6 Å². The molecule has 0 aliphatic heterocycles. The van der Waals surface area contributed by atoms with Crippen LogP contribution in [0, 0.1) is 4.77 Å². The smallest absolute Gasteiger partial charge is 0.195 e. The van der Waals surface area contributed by atoms with E-state index in [0.29, 0.717) is 9.79 Å². The highest BCUT2D eigenvalue weighted by Crippen LogP contribution is 2.26. The van der Waals surface area contributed by atoms with E-state index in [1.165, 1.54) is 12.8 Å². The lowest BCUT2D eigenvalue weighted by Crippen LogP contribution is -2.01. The second-order valence-corrected chi connectivity index (χ2v) is 4.98. The summed E-state index contributed by atoms with van der Waals surface area (Å²) in [7, 11) is 0. The Kier molecular flexibility index (Phi) is 4.55. The first-order valence-electron chi connectivity index (χ1n) is 6.14. The minimum Gasteiger partial charge on any atom is -0.300 e. The monoisotopic (exact) mass is 281 g/mol. The number of H-pyrrole nitrogens is 1. The summed E-state index contributed by atoms with van der Waals surface area (Å²) in [5.41, 5.74) is 0.919. The molecule has 0 amide bonds. The Bertz CT molecular complexity index is 574. The fourth-order valence-electron chi connectivity index (χ4n) is 1.89. The summed E-state index contributed by atoms with van der Waals surface area (Å²) in [6.07, 6.45) is 3.48. The molecule has 1 N–H and O–H groups in total. The predicted molar refractivity (Wildman–Crippen MR) is 77.4 cm³/mol. The highest BCUT2D eigenvalue weighted by atomic mass is 35.5. The minimum atomic E-state index is 0.654. The number of benzene rings is 1. The SMILES string of the molecule is CCCCCn1c(-c2ccccc2Cl)n[nH]c1=S.